The molecule has 0 saturated heterocycles. The van der Waals surface area contributed by atoms with E-state index in [9.17, 15) is 18.1 Å². The van der Waals surface area contributed by atoms with Gasteiger partial charge in [-0.3, -0.25) is 4.57 Å². The molecular weight excluding hydrogens is 273 g/mol. The molecule has 0 aliphatic carbocycles. The molecule has 6 nitrogen and oxygen atoms in total. The van der Waals surface area contributed by atoms with Crippen LogP contribution in [0.15, 0.2) is 18.2 Å². The largest absolute Gasteiger partial charge is 0.441 e. The smallest absolute Gasteiger partial charge is 0.387 e. The number of ether oxygens (including phenoxy) is 2. The molecule has 0 amide bonds. The average molecular weight is 280 g/mol. The lowest BCUT2D eigenvalue weighted by Crippen LogP contribution is -2.03. The Bertz CT molecular complexity index is 540. The highest BCUT2D eigenvalue weighted by Gasteiger charge is 2.42. The number of hydrogen-bond acceptors (Lipinski definition) is 4. The highest BCUT2D eigenvalue weighted by molar-refractivity contribution is 7.52. The zero-order chi connectivity index (χ0) is 13.5. The molecule has 1 heterocycles. The molecule has 18 heavy (non-hydrogen) atoms. The number of hydrogen-bond donors (Lipinski definition) is 2. The first-order valence-electron chi connectivity index (χ1n) is 4.64. The fourth-order valence-electron chi connectivity index (χ4n) is 1.59. The molecule has 0 radical (unpaired) electrons. The molecular formula is C9H7F2O6P. The number of esters is 1. The molecule has 0 spiro atoms. The van der Waals surface area contributed by atoms with Crippen LogP contribution in [-0.4, -0.2) is 22.4 Å². The minimum atomic E-state index is -4.72. The molecule has 9 heteroatoms. The summed E-state index contributed by atoms with van der Waals surface area (Å²) in [5, 5.41) is 0. The Kier molecular flexibility index (Phi) is 3.10. The predicted octanol–water partition coefficient (Wildman–Crippen LogP) is 1.63. The molecule has 2 rings (SSSR count). The van der Waals surface area contributed by atoms with Crippen LogP contribution in [0.2, 0.25) is 0 Å². The number of cyclic esters (lactones) is 1. The van der Waals surface area contributed by atoms with Crippen molar-refractivity contribution in [3.05, 3.63) is 29.3 Å². The fourth-order valence-corrected chi connectivity index (χ4v) is 2.39. The normalized spacial score (nSPS) is 18.7. The molecule has 1 aliphatic rings. The third-order valence-electron chi connectivity index (χ3n) is 2.26. The summed E-state index contributed by atoms with van der Waals surface area (Å²) in [6.07, 6.45) is 0. The van der Waals surface area contributed by atoms with Crippen LogP contribution >= 0.6 is 7.60 Å². The Labute approximate surface area is 99.3 Å². The Morgan fingerprint density at radius 2 is 2.06 bits per heavy atom. The molecule has 0 fully saturated rings. The quantitative estimate of drug-likeness (QED) is 0.645. The Hall–Kier alpha value is -1.50. The third-order valence-corrected chi connectivity index (χ3v) is 3.25. The van der Waals surface area contributed by atoms with Crippen LogP contribution in [0, 0.1) is 0 Å². The van der Waals surface area contributed by atoms with Crippen molar-refractivity contribution in [1.82, 2.24) is 0 Å². The van der Waals surface area contributed by atoms with Crippen LogP contribution in [0.4, 0.5) is 8.78 Å². The molecule has 1 aromatic rings. The second kappa shape index (κ2) is 4.31. The van der Waals surface area contributed by atoms with Gasteiger partial charge in [-0.15, -0.1) is 0 Å². The van der Waals surface area contributed by atoms with Gasteiger partial charge in [0.1, 0.15) is 5.75 Å². The predicted molar refractivity (Wildman–Crippen MR) is 53.3 cm³/mol. The maximum Gasteiger partial charge on any atom is 0.387 e. The highest BCUT2D eigenvalue weighted by Crippen LogP contribution is 2.56. The summed E-state index contributed by atoms with van der Waals surface area (Å²) < 4.78 is 43.7. The molecule has 1 aromatic carbocycles. The van der Waals surface area contributed by atoms with E-state index in [1.54, 1.807) is 0 Å². The molecule has 0 aromatic heterocycles. The number of benzene rings is 1. The van der Waals surface area contributed by atoms with Gasteiger partial charge in [0.2, 0.25) is 5.85 Å². The number of alkyl halides is 2. The van der Waals surface area contributed by atoms with E-state index in [1.165, 1.54) is 0 Å². The van der Waals surface area contributed by atoms with Crippen molar-refractivity contribution in [3.8, 4) is 5.75 Å². The maximum atomic E-state index is 12.0. The topological polar surface area (TPSA) is 93.1 Å². The number of rotatable bonds is 3. The average Bonchev–Trinajstić information content (AvgIpc) is 2.54. The lowest BCUT2D eigenvalue weighted by molar-refractivity contribution is -0.0499. The molecule has 1 aliphatic heterocycles. The summed E-state index contributed by atoms with van der Waals surface area (Å²) in [5.41, 5.74) is -0.239. The lowest BCUT2D eigenvalue weighted by Gasteiger charge is -2.12. The molecule has 0 saturated carbocycles. The van der Waals surface area contributed by atoms with E-state index < -0.39 is 26.0 Å². The summed E-state index contributed by atoms with van der Waals surface area (Å²) in [5.74, 6) is -3.00. The second-order valence-corrected chi connectivity index (χ2v) is 5.12. The van der Waals surface area contributed by atoms with Crippen LogP contribution in [0.1, 0.15) is 21.8 Å². The van der Waals surface area contributed by atoms with Gasteiger partial charge < -0.3 is 19.3 Å². The van der Waals surface area contributed by atoms with E-state index in [0.717, 1.165) is 18.2 Å². The van der Waals surface area contributed by atoms with Crippen LogP contribution in [0.3, 0.4) is 0 Å². The molecule has 98 valence electrons. The van der Waals surface area contributed by atoms with Crippen LogP contribution in [0.25, 0.3) is 0 Å². The Morgan fingerprint density at radius 1 is 1.39 bits per heavy atom. The number of carbonyl (C=O) groups is 1. The van der Waals surface area contributed by atoms with Crippen molar-refractivity contribution < 1.29 is 37.4 Å². The van der Waals surface area contributed by atoms with Crippen molar-refractivity contribution in [2.75, 3.05) is 0 Å². The van der Waals surface area contributed by atoms with E-state index >= 15 is 0 Å². The Balaban J connectivity index is 2.44. The zero-order valence-electron chi connectivity index (χ0n) is 8.62. The van der Waals surface area contributed by atoms with Crippen LogP contribution in [0.5, 0.6) is 5.75 Å². The third kappa shape index (κ3) is 2.35. The number of halogens is 2. The zero-order valence-corrected chi connectivity index (χ0v) is 9.51. The van der Waals surface area contributed by atoms with Crippen molar-refractivity contribution in [2.45, 2.75) is 12.5 Å². The number of carbonyl (C=O) groups excluding carboxylic acids is 1. The number of fused-ring (bicyclic) bond motifs is 1. The van der Waals surface area contributed by atoms with Gasteiger partial charge >= 0.3 is 20.2 Å². The van der Waals surface area contributed by atoms with Gasteiger partial charge in [-0.2, -0.15) is 8.78 Å². The first-order chi connectivity index (χ1) is 8.29. The molecule has 2 N–H and O–H groups in total. The first-order valence-corrected chi connectivity index (χ1v) is 6.32. The summed E-state index contributed by atoms with van der Waals surface area (Å²) in [6.45, 7) is -3.07. The SMILES string of the molecule is O=C1OC(P(=O)(O)O)c2cc(OC(F)F)ccc21. The van der Waals surface area contributed by atoms with Crippen LogP contribution in [-0.2, 0) is 9.30 Å². The lowest BCUT2D eigenvalue weighted by atomic mass is 10.1. The molecule has 0 bridgehead atoms. The maximum absolute atomic E-state index is 12.0. The van der Waals surface area contributed by atoms with Gasteiger partial charge in [-0.05, 0) is 18.2 Å². The van der Waals surface area contributed by atoms with Crippen molar-refractivity contribution >= 4 is 13.6 Å². The van der Waals surface area contributed by atoms with Crippen molar-refractivity contribution in [2.24, 2.45) is 0 Å². The standard InChI is InChI=1S/C9H7F2O6P/c10-9(11)16-4-1-2-5-6(3-4)8(17-7(5)12)18(13,14)15/h1-3,8-9H,(H2,13,14,15). The van der Waals surface area contributed by atoms with Gasteiger partial charge in [-0.25, -0.2) is 4.79 Å². The summed E-state index contributed by atoms with van der Waals surface area (Å²) in [4.78, 5) is 29.3. The van der Waals surface area contributed by atoms with E-state index in [2.05, 4.69) is 9.47 Å². The second-order valence-electron chi connectivity index (χ2n) is 3.47. The highest BCUT2D eigenvalue weighted by atomic mass is 31.2. The fraction of sp³-hybridized carbons (Fsp3) is 0.222. The Morgan fingerprint density at radius 3 is 2.61 bits per heavy atom. The van der Waals surface area contributed by atoms with Gasteiger partial charge in [-0.1, -0.05) is 0 Å². The first kappa shape index (κ1) is 12.9. The summed E-state index contributed by atoms with van der Waals surface area (Å²) in [6, 6.07) is 3.16. The van der Waals surface area contributed by atoms with Crippen molar-refractivity contribution in [1.29, 1.82) is 0 Å². The van der Waals surface area contributed by atoms with Crippen molar-refractivity contribution in [3.63, 3.8) is 0 Å². The minimum absolute atomic E-state index is 0.0788. The monoisotopic (exact) mass is 280 g/mol. The minimum Gasteiger partial charge on any atom is -0.441 e. The summed E-state index contributed by atoms with van der Waals surface area (Å²) in [7, 11) is -4.72. The van der Waals surface area contributed by atoms with Gasteiger partial charge in [0.15, 0.2) is 0 Å². The van der Waals surface area contributed by atoms with Crippen LogP contribution < -0.4 is 4.74 Å². The van der Waals surface area contributed by atoms with Gasteiger partial charge in [0.25, 0.3) is 0 Å². The van der Waals surface area contributed by atoms with E-state index in [-0.39, 0.29) is 16.9 Å². The molecule has 1 unspecified atom stereocenters. The summed E-state index contributed by atoms with van der Waals surface area (Å²) >= 11 is 0. The van der Waals surface area contributed by atoms with Gasteiger partial charge in [0, 0.05) is 5.56 Å². The van der Waals surface area contributed by atoms with Gasteiger partial charge in [0.05, 0.1) is 5.56 Å². The van der Waals surface area contributed by atoms with E-state index in [4.69, 9.17) is 9.79 Å². The molecule has 1 atom stereocenters. The van der Waals surface area contributed by atoms with E-state index in [1.807, 2.05) is 0 Å². The van der Waals surface area contributed by atoms with E-state index in [0.29, 0.717) is 0 Å².